The molecule has 4 nitrogen and oxygen atoms in total. The summed E-state index contributed by atoms with van der Waals surface area (Å²) in [6, 6.07) is 3.27. The minimum absolute atomic E-state index is 0.444. The van der Waals surface area contributed by atoms with E-state index >= 15 is 0 Å². The highest BCUT2D eigenvalue weighted by molar-refractivity contribution is 5.48. The van der Waals surface area contributed by atoms with Crippen LogP contribution in [0.3, 0.4) is 0 Å². The van der Waals surface area contributed by atoms with Gasteiger partial charge in [-0.25, -0.2) is 0 Å². The average Bonchev–Trinajstić information content (AvgIpc) is 1.99. The van der Waals surface area contributed by atoms with Crippen LogP contribution >= 0.6 is 0 Å². The lowest BCUT2D eigenvalue weighted by Crippen LogP contribution is -2.18. The number of rotatable bonds is 2. The quantitative estimate of drug-likeness (QED) is 0.569. The Labute approximate surface area is 82.4 Å². The SMILES string of the molecule is Cc1ccc([N+](=O)[O-])c(OC(F)(F)F)c1. The van der Waals surface area contributed by atoms with E-state index in [0.29, 0.717) is 5.56 Å². The van der Waals surface area contributed by atoms with Crippen molar-refractivity contribution in [1.82, 2.24) is 0 Å². The number of nitro groups is 1. The van der Waals surface area contributed by atoms with Gasteiger partial charge >= 0.3 is 12.0 Å². The van der Waals surface area contributed by atoms with Gasteiger partial charge in [0.25, 0.3) is 0 Å². The number of halogens is 3. The predicted molar refractivity (Wildman–Crippen MR) is 44.5 cm³/mol. The third-order valence-electron chi connectivity index (χ3n) is 1.54. The summed E-state index contributed by atoms with van der Waals surface area (Å²) in [6.45, 7) is 1.51. The van der Waals surface area contributed by atoms with Gasteiger partial charge in [0.05, 0.1) is 4.92 Å². The van der Waals surface area contributed by atoms with Crippen molar-refractivity contribution >= 4 is 5.69 Å². The lowest BCUT2D eigenvalue weighted by atomic mass is 10.2. The second kappa shape index (κ2) is 3.76. The van der Waals surface area contributed by atoms with Gasteiger partial charge in [-0.2, -0.15) is 0 Å². The van der Waals surface area contributed by atoms with Crippen molar-refractivity contribution in [2.45, 2.75) is 13.3 Å². The third kappa shape index (κ3) is 3.12. The van der Waals surface area contributed by atoms with E-state index in [9.17, 15) is 23.3 Å². The van der Waals surface area contributed by atoms with Gasteiger partial charge in [0.15, 0.2) is 0 Å². The van der Waals surface area contributed by atoms with E-state index in [0.717, 1.165) is 12.1 Å². The van der Waals surface area contributed by atoms with Crippen LogP contribution < -0.4 is 4.74 Å². The van der Waals surface area contributed by atoms with Gasteiger partial charge in [-0.15, -0.1) is 13.2 Å². The number of ether oxygens (including phenoxy) is 1. The maximum absolute atomic E-state index is 11.9. The predicted octanol–water partition coefficient (Wildman–Crippen LogP) is 2.80. The van der Waals surface area contributed by atoms with Gasteiger partial charge < -0.3 is 4.74 Å². The van der Waals surface area contributed by atoms with Gasteiger partial charge in [0, 0.05) is 6.07 Å². The minimum Gasteiger partial charge on any atom is -0.398 e. The van der Waals surface area contributed by atoms with Crippen molar-refractivity contribution in [1.29, 1.82) is 0 Å². The van der Waals surface area contributed by atoms with Gasteiger partial charge in [0.2, 0.25) is 5.75 Å². The molecule has 1 aromatic rings. The molecule has 0 bridgehead atoms. The van der Waals surface area contributed by atoms with Gasteiger partial charge in [0.1, 0.15) is 0 Å². The fourth-order valence-corrected chi connectivity index (χ4v) is 0.979. The zero-order chi connectivity index (χ0) is 11.6. The molecule has 0 aromatic heterocycles. The Morgan fingerprint density at radius 1 is 1.40 bits per heavy atom. The fraction of sp³-hybridized carbons (Fsp3) is 0.250. The maximum atomic E-state index is 11.9. The van der Waals surface area contributed by atoms with Gasteiger partial charge in [-0.1, -0.05) is 6.07 Å². The lowest BCUT2D eigenvalue weighted by molar-refractivity contribution is -0.388. The van der Waals surface area contributed by atoms with E-state index in [4.69, 9.17) is 0 Å². The van der Waals surface area contributed by atoms with Crippen LogP contribution in [0.15, 0.2) is 18.2 Å². The summed E-state index contributed by atoms with van der Waals surface area (Å²) in [4.78, 5) is 9.45. The molecule has 15 heavy (non-hydrogen) atoms. The van der Waals surface area contributed by atoms with Crippen LogP contribution in [0.5, 0.6) is 5.75 Å². The van der Waals surface area contributed by atoms with Crippen molar-refractivity contribution in [2.75, 3.05) is 0 Å². The molecule has 0 amide bonds. The molecule has 0 aliphatic heterocycles. The molecule has 0 heterocycles. The molecule has 0 atom stereocenters. The number of hydrogen-bond donors (Lipinski definition) is 0. The zero-order valence-corrected chi connectivity index (χ0v) is 7.54. The summed E-state index contributed by atoms with van der Waals surface area (Å²) in [7, 11) is 0. The third-order valence-corrected chi connectivity index (χ3v) is 1.54. The minimum atomic E-state index is -4.93. The Balaban J connectivity index is 3.13. The fourth-order valence-electron chi connectivity index (χ4n) is 0.979. The number of aryl methyl sites for hydroxylation is 1. The maximum Gasteiger partial charge on any atom is 0.573 e. The highest BCUT2D eigenvalue weighted by atomic mass is 19.4. The Bertz CT molecular complexity index is 389. The number of alkyl halides is 3. The van der Waals surface area contributed by atoms with Crippen molar-refractivity contribution in [3.05, 3.63) is 33.9 Å². The molecule has 0 unspecified atom stereocenters. The molecule has 0 saturated carbocycles. The Hall–Kier alpha value is -1.79. The Kier molecular flexibility index (Phi) is 2.83. The van der Waals surface area contributed by atoms with Crippen molar-refractivity contribution in [3.8, 4) is 5.75 Å². The molecule has 82 valence electrons. The van der Waals surface area contributed by atoms with E-state index in [2.05, 4.69) is 4.74 Å². The van der Waals surface area contributed by atoms with Gasteiger partial charge in [-0.05, 0) is 18.6 Å². The highest BCUT2D eigenvalue weighted by Gasteiger charge is 2.34. The van der Waals surface area contributed by atoms with Crippen LogP contribution in [0.25, 0.3) is 0 Å². The number of nitrogens with zero attached hydrogens (tertiary/aromatic N) is 1. The first-order valence-corrected chi connectivity index (χ1v) is 3.80. The molecule has 0 saturated heterocycles. The Morgan fingerprint density at radius 2 is 2.00 bits per heavy atom. The highest BCUT2D eigenvalue weighted by Crippen LogP contribution is 2.32. The number of nitro benzene ring substituents is 1. The summed E-state index contributed by atoms with van der Waals surface area (Å²) in [5, 5.41) is 10.4. The molecule has 1 rings (SSSR count). The molecule has 0 radical (unpaired) electrons. The van der Waals surface area contributed by atoms with E-state index in [1.54, 1.807) is 0 Å². The zero-order valence-electron chi connectivity index (χ0n) is 7.54. The van der Waals surface area contributed by atoms with Crippen LogP contribution in [-0.4, -0.2) is 11.3 Å². The molecular weight excluding hydrogens is 215 g/mol. The molecule has 0 N–H and O–H groups in total. The lowest BCUT2D eigenvalue weighted by Gasteiger charge is -2.09. The van der Waals surface area contributed by atoms with Crippen LogP contribution in [0, 0.1) is 17.0 Å². The molecule has 7 heteroatoms. The molecule has 0 fully saturated rings. The van der Waals surface area contributed by atoms with Crippen molar-refractivity contribution < 1.29 is 22.8 Å². The second-order valence-electron chi connectivity index (χ2n) is 2.78. The van der Waals surface area contributed by atoms with Gasteiger partial charge in [-0.3, -0.25) is 10.1 Å². The van der Waals surface area contributed by atoms with E-state index in [1.807, 2.05) is 0 Å². The monoisotopic (exact) mass is 221 g/mol. The molecule has 0 spiro atoms. The van der Waals surface area contributed by atoms with Crippen molar-refractivity contribution in [3.63, 3.8) is 0 Å². The molecular formula is C8H6F3NO3. The normalized spacial score (nSPS) is 11.2. The topological polar surface area (TPSA) is 52.4 Å². The standard InChI is InChI=1S/C8H6F3NO3/c1-5-2-3-6(12(13)14)7(4-5)15-8(9,10)11/h2-4H,1H3. The van der Waals surface area contributed by atoms with Crippen LogP contribution in [0.2, 0.25) is 0 Å². The molecule has 1 aromatic carbocycles. The number of benzene rings is 1. The van der Waals surface area contributed by atoms with E-state index in [1.165, 1.54) is 13.0 Å². The summed E-state index contributed by atoms with van der Waals surface area (Å²) in [5.41, 5.74) is -0.266. The van der Waals surface area contributed by atoms with E-state index < -0.39 is 22.7 Å². The van der Waals surface area contributed by atoms with E-state index in [-0.39, 0.29) is 0 Å². The summed E-state index contributed by atoms with van der Waals surface area (Å²) < 4.78 is 39.1. The van der Waals surface area contributed by atoms with Crippen LogP contribution in [-0.2, 0) is 0 Å². The first-order chi connectivity index (χ1) is 6.79. The van der Waals surface area contributed by atoms with Crippen LogP contribution in [0.1, 0.15) is 5.56 Å². The summed E-state index contributed by atoms with van der Waals surface area (Å²) in [6.07, 6.45) is -4.93. The number of hydrogen-bond acceptors (Lipinski definition) is 3. The average molecular weight is 221 g/mol. The molecule has 0 aliphatic carbocycles. The summed E-state index contributed by atoms with van der Waals surface area (Å²) >= 11 is 0. The first kappa shape index (κ1) is 11.3. The Morgan fingerprint density at radius 3 is 2.47 bits per heavy atom. The molecule has 0 aliphatic rings. The summed E-state index contributed by atoms with van der Waals surface area (Å²) in [5.74, 6) is -0.799. The largest absolute Gasteiger partial charge is 0.573 e. The smallest absolute Gasteiger partial charge is 0.398 e. The first-order valence-electron chi connectivity index (χ1n) is 3.80. The van der Waals surface area contributed by atoms with Crippen molar-refractivity contribution in [2.24, 2.45) is 0 Å². The second-order valence-corrected chi connectivity index (χ2v) is 2.78. The van der Waals surface area contributed by atoms with Crippen LogP contribution in [0.4, 0.5) is 18.9 Å².